The van der Waals surface area contributed by atoms with Crippen molar-refractivity contribution in [1.29, 1.82) is 0 Å². The maximum atomic E-state index is 12.6. The van der Waals surface area contributed by atoms with E-state index in [4.69, 9.17) is 5.11 Å². The van der Waals surface area contributed by atoms with Crippen LogP contribution in [-0.4, -0.2) is 16.4 Å². The highest BCUT2D eigenvalue weighted by Crippen LogP contribution is 2.26. The summed E-state index contributed by atoms with van der Waals surface area (Å²) in [5.41, 5.74) is -0.192. The van der Waals surface area contributed by atoms with E-state index in [0.717, 1.165) is 6.07 Å². The second-order valence-corrected chi connectivity index (χ2v) is 4.07. The molecule has 0 fully saturated rings. The topological polar surface area (TPSA) is 37.3 Å². The molecule has 0 amide bonds. The summed E-state index contributed by atoms with van der Waals surface area (Å²) in [6, 6.07) is 4.21. The molecule has 16 heavy (non-hydrogen) atoms. The van der Waals surface area contributed by atoms with Crippen molar-refractivity contribution in [3.63, 3.8) is 0 Å². The SMILES string of the molecule is O=C(O)c1c(CCCBr)cccc1C(F)F. The van der Waals surface area contributed by atoms with Gasteiger partial charge in [0.15, 0.2) is 0 Å². The number of aromatic carboxylic acids is 1. The number of alkyl halides is 3. The smallest absolute Gasteiger partial charge is 0.336 e. The first-order chi connectivity index (χ1) is 7.57. The minimum Gasteiger partial charge on any atom is -0.478 e. The second kappa shape index (κ2) is 5.94. The third kappa shape index (κ3) is 3.01. The van der Waals surface area contributed by atoms with Gasteiger partial charge < -0.3 is 5.11 Å². The fourth-order valence-corrected chi connectivity index (χ4v) is 1.81. The maximum absolute atomic E-state index is 12.6. The summed E-state index contributed by atoms with van der Waals surface area (Å²) in [7, 11) is 0. The molecule has 0 saturated carbocycles. The number of rotatable bonds is 5. The van der Waals surface area contributed by atoms with Crippen LogP contribution in [0.2, 0.25) is 0 Å². The van der Waals surface area contributed by atoms with Gasteiger partial charge in [-0.2, -0.15) is 0 Å². The van der Waals surface area contributed by atoms with E-state index >= 15 is 0 Å². The molecule has 0 bridgehead atoms. The summed E-state index contributed by atoms with van der Waals surface area (Å²) in [4.78, 5) is 11.0. The zero-order valence-electron chi connectivity index (χ0n) is 8.42. The summed E-state index contributed by atoms with van der Waals surface area (Å²) >= 11 is 3.22. The lowest BCUT2D eigenvalue weighted by Gasteiger charge is -2.10. The Balaban J connectivity index is 3.16. The first kappa shape index (κ1) is 13.1. The molecule has 0 atom stereocenters. The van der Waals surface area contributed by atoms with Gasteiger partial charge in [0.25, 0.3) is 6.43 Å². The van der Waals surface area contributed by atoms with Crippen LogP contribution in [0.5, 0.6) is 0 Å². The Hall–Kier alpha value is -0.970. The minimum absolute atomic E-state index is 0.251. The van der Waals surface area contributed by atoms with E-state index in [9.17, 15) is 13.6 Å². The van der Waals surface area contributed by atoms with Crippen molar-refractivity contribution in [3.05, 3.63) is 34.9 Å². The lowest BCUT2D eigenvalue weighted by Crippen LogP contribution is -2.08. The Morgan fingerprint density at radius 2 is 2.12 bits per heavy atom. The number of carboxylic acid groups (broad SMARTS) is 1. The van der Waals surface area contributed by atoms with Gasteiger partial charge in [-0.3, -0.25) is 0 Å². The van der Waals surface area contributed by atoms with Gasteiger partial charge >= 0.3 is 5.97 Å². The van der Waals surface area contributed by atoms with Crippen LogP contribution in [-0.2, 0) is 6.42 Å². The highest BCUT2D eigenvalue weighted by Gasteiger charge is 2.20. The second-order valence-electron chi connectivity index (χ2n) is 3.28. The first-order valence-corrected chi connectivity index (χ1v) is 5.89. The summed E-state index contributed by atoms with van der Waals surface area (Å²) in [5.74, 6) is -1.29. The number of carboxylic acids is 1. The zero-order valence-corrected chi connectivity index (χ0v) is 10.0. The Morgan fingerprint density at radius 1 is 1.44 bits per heavy atom. The quantitative estimate of drug-likeness (QED) is 0.841. The monoisotopic (exact) mass is 292 g/mol. The van der Waals surface area contributed by atoms with Crippen LogP contribution in [0.4, 0.5) is 8.78 Å². The van der Waals surface area contributed by atoms with Crippen LogP contribution in [0.15, 0.2) is 18.2 Å². The van der Waals surface area contributed by atoms with Gasteiger partial charge in [-0.15, -0.1) is 0 Å². The lowest BCUT2D eigenvalue weighted by atomic mass is 9.98. The molecular weight excluding hydrogens is 282 g/mol. The molecule has 1 rings (SSSR count). The molecule has 0 aliphatic rings. The number of hydrogen-bond donors (Lipinski definition) is 1. The van der Waals surface area contributed by atoms with E-state index in [0.29, 0.717) is 23.7 Å². The Labute approximate surface area is 100 Å². The molecule has 2 nitrogen and oxygen atoms in total. The van der Waals surface area contributed by atoms with Crippen LogP contribution < -0.4 is 0 Å². The Bertz CT molecular complexity index is 380. The molecule has 5 heteroatoms. The fourth-order valence-electron chi connectivity index (χ4n) is 1.53. The molecule has 0 heterocycles. The van der Waals surface area contributed by atoms with Crippen molar-refractivity contribution in [2.24, 2.45) is 0 Å². The maximum Gasteiger partial charge on any atom is 0.336 e. The molecule has 88 valence electrons. The van der Waals surface area contributed by atoms with E-state index in [2.05, 4.69) is 15.9 Å². The average Bonchev–Trinajstić information content (AvgIpc) is 2.25. The van der Waals surface area contributed by atoms with Crippen molar-refractivity contribution >= 4 is 21.9 Å². The average molecular weight is 293 g/mol. The molecule has 1 aromatic rings. The van der Waals surface area contributed by atoms with E-state index in [-0.39, 0.29) is 5.56 Å². The fraction of sp³-hybridized carbons (Fsp3) is 0.364. The van der Waals surface area contributed by atoms with Crippen LogP contribution in [0.3, 0.4) is 0 Å². The van der Waals surface area contributed by atoms with E-state index in [1.54, 1.807) is 6.07 Å². The van der Waals surface area contributed by atoms with Crippen LogP contribution in [0.25, 0.3) is 0 Å². The summed E-state index contributed by atoms with van der Waals surface area (Å²) in [6.45, 7) is 0. The molecular formula is C11H11BrF2O2. The van der Waals surface area contributed by atoms with Gasteiger partial charge in [0.1, 0.15) is 0 Å². The van der Waals surface area contributed by atoms with Gasteiger partial charge in [0.2, 0.25) is 0 Å². The van der Waals surface area contributed by atoms with Gasteiger partial charge in [0, 0.05) is 10.9 Å². The normalized spacial score (nSPS) is 10.8. The molecule has 1 aromatic carbocycles. The molecule has 0 spiro atoms. The summed E-state index contributed by atoms with van der Waals surface area (Å²) < 4.78 is 25.2. The van der Waals surface area contributed by atoms with Gasteiger partial charge in [-0.25, -0.2) is 13.6 Å². The van der Waals surface area contributed by atoms with Crippen molar-refractivity contribution in [2.75, 3.05) is 5.33 Å². The molecule has 0 unspecified atom stereocenters. The van der Waals surface area contributed by atoms with Crippen LogP contribution in [0.1, 0.15) is 34.3 Å². The highest BCUT2D eigenvalue weighted by atomic mass is 79.9. The standard InChI is InChI=1S/C11H11BrF2O2/c12-6-2-4-7-3-1-5-8(10(13)14)9(7)11(15)16/h1,3,5,10H,2,4,6H2,(H,15,16). The number of carbonyl (C=O) groups is 1. The number of benzene rings is 1. The lowest BCUT2D eigenvalue weighted by molar-refractivity contribution is 0.0683. The van der Waals surface area contributed by atoms with E-state index < -0.39 is 18.0 Å². The van der Waals surface area contributed by atoms with Crippen molar-refractivity contribution < 1.29 is 18.7 Å². The van der Waals surface area contributed by atoms with Crippen molar-refractivity contribution in [2.45, 2.75) is 19.3 Å². The number of aryl methyl sites for hydroxylation is 1. The van der Waals surface area contributed by atoms with Gasteiger partial charge in [-0.1, -0.05) is 34.1 Å². The molecule has 0 aliphatic carbocycles. The molecule has 0 radical (unpaired) electrons. The minimum atomic E-state index is -2.75. The third-order valence-corrected chi connectivity index (χ3v) is 2.77. The molecule has 1 N–H and O–H groups in total. The van der Waals surface area contributed by atoms with Gasteiger partial charge in [0.05, 0.1) is 5.56 Å². The highest BCUT2D eigenvalue weighted by molar-refractivity contribution is 9.09. The van der Waals surface area contributed by atoms with Crippen molar-refractivity contribution in [1.82, 2.24) is 0 Å². The van der Waals surface area contributed by atoms with Crippen LogP contribution >= 0.6 is 15.9 Å². The molecule has 0 saturated heterocycles. The van der Waals surface area contributed by atoms with E-state index in [1.165, 1.54) is 6.07 Å². The Morgan fingerprint density at radius 3 is 2.62 bits per heavy atom. The Kier molecular flexibility index (Phi) is 4.86. The summed E-state index contributed by atoms with van der Waals surface area (Å²) in [5, 5.41) is 9.66. The number of halogens is 3. The van der Waals surface area contributed by atoms with Gasteiger partial charge in [-0.05, 0) is 18.4 Å². The predicted molar refractivity (Wildman–Crippen MR) is 60.5 cm³/mol. The summed E-state index contributed by atoms with van der Waals surface area (Å²) in [6.07, 6.45) is -1.56. The molecule has 0 aliphatic heterocycles. The number of hydrogen-bond acceptors (Lipinski definition) is 1. The van der Waals surface area contributed by atoms with E-state index in [1.807, 2.05) is 0 Å². The largest absolute Gasteiger partial charge is 0.478 e. The molecule has 0 aromatic heterocycles. The first-order valence-electron chi connectivity index (χ1n) is 4.77. The van der Waals surface area contributed by atoms with Crippen LogP contribution in [0, 0.1) is 0 Å². The zero-order chi connectivity index (χ0) is 12.1. The third-order valence-electron chi connectivity index (χ3n) is 2.21. The van der Waals surface area contributed by atoms with Crippen molar-refractivity contribution in [3.8, 4) is 0 Å². The predicted octanol–water partition coefficient (Wildman–Crippen LogP) is 3.65.